The maximum Gasteiger partial charge on any atom is 0.0734 e. The van der Waals surface area contributed by atoms with E-state index >= 15 is 0 Å². The van der Waals surface area contributed by atoms with Gasteiger partial charge in [0.25, 0.3) is 0 Å². The lowest BCUT2D eigenvalue weighted by molar-refractivity contribution is 0.660. The molecular weight excluding hydrogens is 759 g/mol. The van der Waals surface area contributed by atoms with Gasteiger partial charge in [-0.15, -0.1) is 0 Å². The van der Waals surface area contributed by atoms with Gasteiger partial charge in [0.05, 0.1) is 16.8 Å². The summed E-state index contributed by atoms with van der Waals surface area (Å²) in [5.41, 5.74) is 20.4. The molecule has 10 aromatic rings. The highest BCUT2D eigenvalue weighted by molar-refractivity contribution is 6.02. The fourth-order valence-corrected chi connectivity index (χ4v) is 11.1. The van der Waals surface area contributed by atoms with Gasteiger partial charge in [-0.3, -0.25) is 0 Å². The first-order chi connectivity index (χ1) is 31.0. The summed E-state index contributed by atoms with van der Waals surface area (Å²) in [6, 6.07) is 88.0. The molecule has 2 aliphatic rings. The highest BCUT2D eigenvalue weighted by atomic mass is 15.1. The molecule has 0 unspecified atom stereocenters. The SMILES string of the molecule is CC1(C)c2ccccc2-c2ccc(-c3cccc(N(c4ccc5ccccc5c4)c4cccc5c4C(c4ccccc4)(c4ccccc4)c4ccccc4-5)c3-c3ccccc3)cc21. The van der Waals surface area contributed by atoms with Crippen LogP contribution in [0.3, 0.4) is 0 Å². The van der Waals surface area contributed by atoms with Crippen LogP contribution >= 0.6 is 0 Å². The molecule has 0 saturated carbocycles. The molecule has 10 aromatic carbocycles. The highest BCUT2D eigenvalue weighted by Crippen LogP contribution is 2.61. The number of hydrogen-bond donors (Lipinski definition) is 0. The molecular formula is C62H45N. The van der Waals surface area contributed by atoms with E-state index in [-0.39, 0.29) is 5.41 Å². The van der Waals surface area contributed by atoms with Crippen LogP contribution in [-0.4, -0.2) is 0 Å². The van der Waals surface area contributed by atoms with E-state index < -0.39 is 5.41 Å². The Kier molecular flexibility index (Phi) is 8.49. The van der Waals surface area contributed by atoms with Gasteiger partial charge in [0.1, 0.15) is 0 Å². The van der Waals surface area contributed by atoms with E-state index in [1.165, 1.54) is 88.7 Å². The number of hydrogen-bond acceptors (Lipinski definition) is 1. The molecule has 12 rings (SSSR count). The summed E-state index contributed by atoms with van der Waals surface area (Å²) >= 11 is 0. The third-order valence-corrected chi connectivity index (χ3v) is 13.9. The van der Waals surface area contributed by atoms with Crippen molar-refractivity contribution in [3.05, 3.63) is 270 Å². The first-order valence-corrected chi connectivity index (χ1v) is 22.1. The van der Waals surface area contributed by atoms with E-state index in [4.69, 9.17) is 0 Å². The fourth-order valence-electron chi connectivity index (χ4n) is 11.1. The normalized spacial score (nSPS) is 13.8. The Morgan fingerprint density at radius 1 is 0.333 bits per heavy atom. The number of anilines is 3. The maximum absolute atomic E-state index is 2.57. The van der Waals surface area contributed by atoms with Crippen molar-refractivity contribution in [3.63, 3.8) is 0 Å². The predicted octanol–water partition coefficient (Wildman–Crippen LogP) is 16.3. The lowest BCUT2D eigenvalue weighted by atomic mass is 9.67. The standard InChI is InChI=1S/C62H45N/c1-61(2)54-32-16-14-28-50(54)52-39-37-45(41-56(52)61)49-30-18-34-57(59(49)43-21-6-3-7-22-43)63(48-38-36-42-20-12-13-23-44(42)40-48)58-35-19-31-53-51-29-15-17-33-55(51)62(60(53)58,46-24-8-4-9-25-46)47-26-10-5-11-27-47/h3-41H,1-2H3. The molecule has 0 radical (unpaired) electrons. The Bertz CT molecular complexity index is 3320. The smallest absolute Gasteiger partial charge is 0.0734 e. The molecule has 0 amide bonds. The second-order valence-corrected chi connectivity index (χ2v) is 17.6. The number of nitrogens with zero attached hydrogens (tertiary/aromatic N) is 1. The van der Waals surface area contributed by atoms with Crippen molar-refractivity contribution in [2.45, 2.75) is 24.7 Å². The molecule has 63 heavy (non-hydrogen) atoms. The molecule has 0 aromatic heterocycles. The van der Waals surface area contributed by atoms with Crippen LogP contribution in [0.25, 0.3) is 55.3 Å². The van der Waals surface area contributed by atoms with Crippen molar-refractivity contribution in [3.8, 4) is 44.5 Å². The molecule has 0 bridgehead atoms. The summed E-state index contributed by atoms with van der Waals surface area (Å²) in [7, 11) is 0. The van der Waals surface area contributed by atoms with E-state index in [9.17, 15) is 0 Å². The van der Waals surface area contributed by atoms with Crippen molar-refractivity contribution >= 4 is 27.8 Å². The number of rotatable bonds is 7. The summed E-state index contributed by atoms with van der Waals surface area (Å²) in [6.07, 6.45) is 0. The molecule has 2 aliphatic carbocycles. The van der Waals surface area contributed by atoms with Gasteiger partial charge in [0.2, 0.25) is 0 Å². The monoisotopic (exact) mass is 803 g/mol. The van der Waals surface area contributed by atoms with E-state index in [1.54, 1.807) is 0 Å². The molecule has 0 fully saturated rings. The van der Waals surface area contributed by atoms with Crippen LogP contribution in [0.5, 0.6) is 0 Å². The quantitative estimate of drug-likeness (QED) is 0.155. The molecule has 0 spiro atoms. The average molecular weight is 804 g/mol. The minimum atomic E-state index is -0.606. The zero-order valence-electron chi connectivity index (χ0n) is 35.5. The summed E-state index contributed by atoms with van der Waals surface area (Å²) in [5.74, 6) is 0. The van der Waals surface area contributed by atoms with E-state index in [0.29, 0.717) is 0 Å². The fraction of sp³-hybridized carbons (Fsp3) is 0.0645. The Hall–Kier alpha value is -7.74. The van der Waals surface area contributed by atoms with Crippen LogP contribution in [0.4, 0.5) is 17.1 Å². The second-order valence-electron chi connectivity index (χ2n) is 17.6. The third-order valence-electron chi connectivity index (χ3n) is 13.9. The molecule has 0 atom stereocenters. The Balaban J connectivity index is 1.19. The van der Waals surface area contributed by atoms with Gasteiger partial charge in [-0.05, 0) is 108 Å². The molecule has 1 nitrogen and oxygen atoms in total. The van der Waals surface area contributed by atoms with Crippen molar-refractivity contribution in [2.75, 3.05) is 4.90 Å². The first kappa shape index (κ1) is 37.1. The van der Waals surface area contributed by atoms with Crippen LogP contribution in [-0.2, 0) is 10.8 Å². The largest absolute Gasteiger partial charge is 0.309 e. The minimum Gasteiger partial charge on any atom is -0.309 e. The molecule has 0 N–H and O–H groups in total. The van der Waals surface area contributed by atoms with Crippen molar-refractivity contribution in [2.24, 2.45) is 0 Å². The summed E-state index contributed by atoms with van der Waals surface area (Å²) in [4.78, 5) is 2.57. The molecule has 298 valence electrons. The van der Waals surface area contributed by atoms with Crippen molar-refractivity contribution in [1.29, 1.82) is 0 Å². The zero-order chi connectivity index (χ0) is 42.1. The number of benzene rings is 10. The van der Waals surface area contributed by atoms with Gasteiger partial charge in [-0.1, -0.05) is 220 Å². The topological polar surface area (TPSA) is 3.24 Å². The molecule has 0 saturated heterocycles. The first-order valence-electron chi connectivity index (χ1n) is 22.1. The predicted molar refractivity (Wildman–Crippen MR) is 264 cm³/mol. The minimum absolute atomic E-state index is 0.124. The van der Waals surface area contributed by atoms with E-state index in [2.05, 4.69) is 255 Å². The van der Waals surface area contributed by atoms with Gasteiger partial charge in [0.15, 0.2) is 0 Å². The Labute approximate surface area is 370 Å². The zero-order valence-corrected chi connectivity index (χ0v) is 35.5. The second kappa shape index (κ2) is 14.4. The van der Waals surface area contributed by atoms with E-state index in [1.807, 2.05) is 0 Å². The van der Waals surface area contributed by atoms with Gasteiger partial charge in [-0.2, -0.15) is 0 Å². The summed E-state index contributed by atoms with van der Waals surface area (Å²) < 4.78 is 0. The van der Waals surface area contributed by atoms with E-state index in [0.717, 1.165) is 17.1 Å². The molecule has 0 heterocycles. The van der Waals surface area contributed by atoms with Gasteiger partial charge < -0.3 is 4.90 Å². The van der Waals surface area contributed by atoms with Crippen LogP contribution < -0.4 is 4.90 Å². The van der Waals surface area contributed by atoms with Crippen LogP contribution in [0.1, 0.15) is 47.2 Å². The number of fused-ring (bicyclic) bond motifs is 7. The lowest BCUT2D eigenvalue weighted by Crippen LogP contribution is -2.30. The van der Waals surface area contributed by atoms with Gasteiger partial charge in [-0.25, -0.2) is 0 Å². The summed E-state index contributed by atoms with van der Waals surface area (Å²) in [5, 5.41) is 2.42. The third kappa shape index (κ3) is 5.56. The van der Waals surface area contributed by atoms with Crippen molar-refractivity contribution in [1.82, 2.24) is 0 Å². The molecule has 1 heteroatoms. The van der Waals surface area contributed by atoms with Crippen LogP contribution in [0, 0.1) is 0 Å². The Morgan fingerprint density at radius 2 is 0.873 bits per heavy atom. The maximum atomic E-state index is 2.57. The average Bonchev–Trinajstić information content (AvgIpc) is 3.78. The van der Waals surface area contributed by atoms with Gasteiger partial charge in [0, 0.05) is 22.2 Å². The summed E-state index contributed by atoms with van der Waals surface area (Å²) in [6.45, 7) is 4.74. The van der Waals surface area contributed by atoms with Gasteiger partial charge >= 0.3 is 0 Å². The highest BCUT2D eigenvalue weighted by Gasteiger charge is 2.48. The lowest BCUT2D eigenvalue weighted by Gasteiger charge is -2.38. The van der Waals surface area contributed by atoms with Crippen LogP contribution in [0.15, 0.2) is 237 Å². The van der Waals surface area contributed by atoms with Crippen LogP contribution in [0.2, 0.25) is 0 Å². The van der Waals surface area contributed by atoms with Crippen molar-refractivity contribution < 1.29 is 0 Å². The molecule has 0 aliphatic heterocycles. The Morgan fingerprint density at radius 3 is 1.59 bits per heavy atom.